The Morgan fingerprint density at radius 1 is 1.35 bits per heavy atom. The largest absolute Gasteiger partial charge is 0.383 e. The van der Waals surface area contributed by atoms with Crippen LogP contribution in [0.25, 0.3) is 0 Å². The van der Waals surface area contributed by atoms with Gasteiger partial charge in [0.05, 0.1) is 19.2 Å². The van der Waals surface area contributed by atoms with Crippen LogP contribution in [-0.2, 0) is 9.53 Å². The molecular formula is C13H19ClF2N2O2. The van der Waals surface area contributed by atoms with Crippen LogP contribution in [0.1, 0.15) is 18.5 Å². The van der Waals surface area contributed by atoms with E-state index in [1.165, 1.54) is 13.0 Å². The van der Waals surface area contributed by atoms with Crippen LogP contribution in [0.5, 0.6) is 0 Å². The maximum atomic E-state index is 13.5. The van der Waals surface area contributed by atoms with E-state index < -0.39 is 17.7 Å². The molecule has 0 radical (unpaired) electrons. The molecule has 0 spiro atoms. The second-order valence-electron chi connectivity index (χ2n) is 4.09. The fourth-order valence-corrected chi connectivity index (χ4v) is 1.67. The van der Waals surface area contributed by atoms with Crippen LogP contribution in [0, 0.1) is 11.6 Å². The molecule has 1 unspecified atom stereocenters. The number of ether oxygens (including phenoxy) is 1. The molecule has 1 aromatic carbocycles. The molecule has 0 aliphatic heterocycles. The molecule has 0 aromatic heterocycles. The highest BCUT2D eigenvalue weighted by Crippen LogP contribution is 2.19. The van der Waals surface area contributed by atoms with Crippen molar-refractivity contribution >= 4 is 18.3 Å². The van der Waals surface area contributed by atoms with Gasteiger partial charge in [-0.25, -0.2) is 8.78 Å². The van der Waals surface area contributed by atoms with Gasteiger partial charge < -0.3 is 15.4 Å². The first-order chi connectivity index (χ1) is 9.06. The van der Waals surface area contributed by atoms with Crippen LogP contribution in [0.2, 0.25) is 0 Å². The molecular weight excluding hydrogens is 290 g/mol. The Bertz CT molecular complexity index is 413. The Balaban J connectivity index is 0.00000361. The van der Waals surface area contributed by atoms with Gasteiger partial charge >= 0.3 is 0 Å². The molecule has 0 heterocycles. The summed E-state index contributed by atoms with van der Waals surface area (Å²) in [4.78, 5) is 11.6. The lowest BCUT2D eigenvalue weighted by Gasteiger charge is -2.16. The van der Waals surface area contributed by atoms with Gasteiger partial charge in [0, 0.05) is 19.2 Å². The summed E-state index contributed by atoms with van der Waals surface area (Å²) in [5.41, 5.74) is -0.132. The first-order valence-electron chi connectivity index (χ1n) is 5.99. The average molecular weight is 309 g/mol. The van der Waals surface area contributed by atoms with Crippen molar-refractivity contribution in [2.75, 3.05) is 26.8 Å². The van der Waals surface area contributed by atoms with Gasteiger partial charge in [-0.05, 0) is 19.1 Å². The monoisotopic (exact) mass is 308 g/mol. The van der Waals surface area contributed by atoms with Crippen molar-refractivity contribution in [3.63, 3.8) is 0 Å². The lowest BCUT2D eigenvalue weighted by atomic mass is 10.1. The second-order valence-corrected chi connectivity index (χ2v) is 4.09. The van der Waals surface area contributed by atoms with Crippen molar-refractivity contribution in [2.45, 2.75) is 13.0 Å². The minimum absolute atomic E-state index is 0. The molecule has 0 saturated carbocycles. The van der Waals surface area contributed by atoms with E-state index >= 15 is 0 Å². The number of benzene rings is 1. The Morgan fingerprint density at radius 2 is 1.95 bits per heavy atom. The van der Waals surface area contributed by atoms with Gasteiger partial charge in [-0.3, -0.25) is 4.79 Å². The molecule has 1 rings (SSSR count). The molecule has 0 aliphatic carbocycles. The summed E-state index contributed by atoms with van der Waals surface area (Å²) in [6.45, 7) is 2.63. The minimum atomic E-state index is -0.724. The first-order valence-corrected chi connectivity index (χ1v) is 5.99. The molecule has 0 bridgehead atoms. The van der Waals surface area contributed by atoms with Crippen molar-refractivity contribution in [3.8, 4) is 0 Å². The van der Waals surface area contributed by atoms with E-state index in [1.54, 1.807) is 7.11 Å². The van der Waals surface area contributed by atoms with Crippen LogP contribution < -0.4 is 10.6 Å². The molecule has 1 atom stereocenters. The minimum Gasteiger partial charge on any atom is -0.383 e. The molecule has 4 nitrogen and oxygen atoms in total. The predicted octanol–water partition coefficient (Wildman–Crippen LogP) is 1.80. The third-order valence-corrected chi connectivity index (χ3v) is 2.58. The number of carbonyl (C=O) groups excluding carboxylic acids is 1. The number of hydrogen-bond donors (Lipinski definition) is 2. The van der Waals surface area contributed by atoms with Crippen molar-refractivity contribution < 1.29 is 18.3 Å². The smallest absolute Gasteiger partial charge is 0.234 e. The third kappa shape index (κ3) is 5.81. The standard InChI is InChI=1S/C13H18F2N2O2.ClH/c1-9(13-10(14)4-3-5-11(13)15)17-12(18)8-16-6-7-19-2;/h3-5,9,16H,6-8H2,1-2H3,(H,17,18);1H. The van der Waals surface area contributed by atoms with E-state index in [4.69, 9.17) is 4.74 Å². The van der Waals surface area contributed by atoms with E-state index in [0.717, 1.165) is 12.1 Å². The first kappa shape index (κ1) is 18.8. The molecule has 1 amide bonds. The molecule has 2 N–H and O–H groups in total. The zero-order valence-electron chi connectivity index (χ0n) is 11.4. The molecule has 114 valence electrons. The van der Waals surface area contributed by atoms with Crippen molar-refractivity contribution in [1.82, 2.24) is 10.6 Å². The van der Waals surface area contributed by atoms with Gasteiger partial charge in [0.25, 0.3) is 0 Å². The third-order valence-electron chi connectivity index (χ3n) is 2.58. The van der Waals surface area contributed by atoms with Crippen molar-refractivity contribution in [1.29, 1.82) is 0 Å². The van der Waals surface area contributed by atoms with Crippen molar-refractivity contribution in [2.24, 2.45) is 0 Å². The maximum absolute atomic E-state index is 13.5. The SMILES string of the molecule is COCCNCC(=O)NC(C)c1c(F)cccc1F.Cl. The Kier molecular flexibility index (Phi) is 9.03. The number of halogens is 3. The Hall–Kier alpha value is -1.24. The highest BCUT2D eigenvalue weighted by atomic mass is 35.5. The van der Waals surface area contributed by atoms with Gasteiger partial charge in [0.1, 0.15) is 11.6 Å². The zero-order valence-corrected chi connectivity index (χ0v) is 12.2. The molecule has 20 heavy (non-hydrogen) atoms. The molecule has 0 aliphatic rings. The number of nitrogens with one attached hydrogen (secondary N) is 2. The highest BCUT2D eigenvalue weighted by Gasteiger charge is 2.17. The summed E-state index contributed by atoms with van der Waals surface area (Å²) in [7, 11) is 1.56. The molecule has 0 fully saturated rings. The summed E-state index contributed by atoms with van der Waals surface area (Å²) in [6.07, 6.45) is 0. The van der Waals surface area contributed by atoms with Gasteiger partial charge in [-0.2, -0.15) is 0 Å². The number of rotatable bonds is 7. The molecule has 1 aromatic rings. The summed E-state index contributed by atoms with van der Waals surface area (Å²) in [5, 5.41) is 5.38. The van der Waals surface area contributed by atoms with E-state index in [0.29, 0.717) is 13.2 Å². The quantitative estimate of drug-likeness (QED) is 0.755. The summed E-state index contributed by atoms with van der Waals surface area (Å²) < 4.78 is 31.8. The summed E-state index contributed by atoms with van der Waals surface area (Å²) >= 11 is 0. The van der Waals surface area contributed by atoms with E-state index in [9.17, 15) is 13.6 Å². The van der Waals surface area contributed by atoms with Crippen LogP contribution in [0.4, 0.5) is 8.78 Å². The topological polar surface area (TPSA) is 50.4 Å². The van der Waals surface area contributed by atoms with Gasteiger partial charge in [-0.15, -0.1) is 12.4 Å². The van der Waals surface area contributed by atoms with E-state index in [1.807, 2.05) is 0 Å². The summed E-state index contributed by atoms with van der Waals surface area (Å²) in [6, 6.07) is 2.89. The van der Waals surface area contributed by atoms with E-state index in [2.05, 4.69) is 10.6 Å². The van der Waals surface area contributed by atoms with E-state index in [-0.39, 0.29) is 30.4 Å². The Morgan fingerprint density at radius 3 is 2.50 bits per heavy atom. The zero-order chi connectivity index (χ0) is 14.3. The van der Waals surface area contributed by atoms with Crippen LogP contribution in [-0.4, -0.2) is 32.7 Å². The second kappa shape index (κ2) is 9.63. The van der Waals surface area contributed by atoms with Crippen LogP contribution >= 0.6 is 12.4 Å². The van der Waals surface area contributed by atoms with Crippen LogP contribution in [0.3, 0.4) is 0 Å². The van der Waals surface area contributed by atoms with Gasteiger partial charge in [0.2, 0.25) is 5.91 Å². The normalized spacial score (nSPS) is 11.6. The highest BCUT2D eigenvalue weighted by molar-refractivity contribution is 5.85. The van der Waals surface area contributed by atoms with Gasteiger partial charge in [0.15, 0.2) is 0 Å². The maximum Gasteiger partial charge on any atom is 0.234 e. The van der Waals surface area contributed by atoms with Crippen LogP contribution in [0.15, 0.2) is 18.2 Å². The van der Waals surface area contributed by atoms with Crippen molar-refractivity contribution in [3.05, 3.63) is 35.4 Å². The lowest BCUT2D eigenvalue weighted by molar-refractivity contribution is -0.120. The fraction of sp³-hybridized carbons (Fsp3) is 0.462. The number of hydrogen-bond acceptors (Lipinski definition) is 3. The average Bonchev–Trinajstić information content (AvgIpc) is 2.34. The fourth-order valence-electron chi connectivity index (χ4n) is 1.67. The predicted molar refractivity (Wildman–Crippen MR) is 74.9 cm³/mol. The molecule has 7 heteroatoms. The lowest BCUT2D eigenvalue weighted by Crippen LogP contribution is -2.37. The Labute approximate surface area is 123 Å². The molecule has 0 saturated heterocycles. The van der Waals surface area contributed by atoms with Gasteiger partial charge in [-0.1, -0.05) is 6.07 Å². The number of carbonyl (C=O) groups is 1. The number of methoxy groups -OCH3 is 1. The number of amides is 1. The summed E-state index contributed by atoms with van der Waals surface area (Å²) in [5.74, 6) is -1.66.